The first-order chi connectivity index (χ1) is 10.4. The van der Waals surface area contributed by atoms with Gasteiger partial charge in [0.1, 0.15) is 0 Å². The Morgan fingerprint density at radius 3 is 2.73 bits per heavy atom. The number of esters is 1. The molecule has 1 fully saturated rings. The van der Waals surface area contributed by atoms with Gasteiger partial charge in [-0.25, -0.2) is 4.79 Å². The number of allylic oxidation sites excluding steroid dienone is 2. The summed E-state index contributed by atoms with van der Waals surface area (Å²) in [7, 11) is 1.29. The molecule has 0 spiro atoms. The third-order valence-corrected chi connectivity index (χ3v) is 4.08. The molecule has 0 aromatic carbocycles. The second kappa shape index (κ2) is 9.77. The zero-order chi connectivity index (χ0) is 16.5. The first-order valence-electron chi connectivity index (χ1n) is 7.91. The van der Waals surface area contributed by atoms with Gasteiger partial charge in [-0.1, -0.05) is 12.2 Å². The molecule has 0 bridgehead atoms. The molecule has 22 heavy (non-hydrogen) atoms. The van der Waals surface area contributed by atoms with Crippen LogP contribution in [0.5, 0.6) is 0 Å². The van der Waals surface area contributed by atoms with Crippen LogP contribution in [-0.2, 0) is 9.53 Å². The van der Waals surface area contributed by atoms with Gasteiger partial charge in [-0.05, 0) is 56.9 Å². The van der Waals surface area contributed by atoms with E-state index in [0.29, 0.717) is 12.8 Å². The number of ether oxygens (including phenoxy) is 1. The molecule has 0 aromatic heterocycles. The summed E-state index contributed by atoms with van der Waals surface area (Å²) < 4.78 is 4.50. The molecule has 3 N–H and O–H groups in total. The van der Waals surface area contributed by atoms with Crippen molar-refractivity contribution in [1.82, 2.24) is 0 Å². The molecule has 5 atom stereocenters. The van der Waals surface area contributed by atoms with Crippen molar-refractivity contribution < 1.29 is 24.9 Å². The second-order valence-electron chi connectivity index (χ2n) is 6.03. The largest absolute Gasteiger partial charge is 0.466 e. The molecular weight excluding hydrogens is 284 g/mol. The standard InChI is InChI=1S/C17H28O5/c1-12(18)6-4-3-5-7-13-10-14(19)11-15(13)16(20)8-9-17(21)22-2/h5,7-9,12-16,18-20H,3-4,6,10-11H2,1-2H3/b7-5-,9-8+/t12-,13-,14+,15-,16-/m1/s1. The molecule has 5 heteroatoms. The number of aliphatic hydroxyl groups is 3. The van der Waals surface area contributed by atoms with E-state index in [-0.39, 0.29) is 17.9 Å². The average Bonchev–Trinajstić information content (AvgIpc) is 2.84. The van der Waals surface area contributed by atoms with Crippen molar-refractivity contribution in [2.24, 2.45) is 11.8 Å². The highest BCUT2D eigenvalue weighted by atomic mass is 16.5. The van der Waals surface area contributed by atoms with Gasteiger partial charge in [0.15, 0.2) is 0 Å². The van der Waals surface area contributed by atoms with Gasteiger partial charge < -0.3 is 20.1 Å². The first kappa shape index (κ1) is 18.9. The van der Waals surface area contributed by atoms with Crippen molar-refractivity contribution >= 4 is 5.97 Å². The highest BCUT2D eigenvalue weighted by Gasteiger charge is 2.35. The average molecular weight is 312 g/mol. The lowest BCUT2D eigenvalue weighted by Gasteiger charge is -2.19. The fraction of sp³-hybridized carbons (Fsp3) is 0.706. The maximum Gasteiger partial charge on any atom is 0.330 e. The number of rotatable bonds is 8. The van der Waals surface area contributed by atoms with Crippen LogP contribution in [0.15, 0.2) is 24.3 Å². The molecule has 0 unspecified atom stereocenters. The smallest absolute Gasteiger partial charge is 0.330 e. The van der Waals surface area contributed by atoms with Gasteiger partial charge in [0, 0.05) is 6.08 Å². The Hall–Kier alpha value is -1.17. The fourth-order valence-electron chi connectivity index (χ4n) is 2.88. The third kappa shape index (κ3) is 6.73. The minimum Gasteiger partial charge on any atom is -0.466 e. The molecule has 0 aliphatic heterocycles. The van der Waals surface area contributed by atoms with Crippen LogP contribution in [0, 0.1) is 11.8 Å². The minimum absolute atomic E-state index is 0.0936. The minimum atomic E-state index is -0.775. The summed E-state index contributed by atoms with van der Waals surface area (Å²) in [5.74, 6) is -0.495. The second-order valence-corrected chi connectivity index (χ2v) is 6.03. The third-order valence-electron chi connectivity index (χ3n) is 4.08. The lowest BCUT2D eigenvalue weighted by molar-refractivity contribution is -0.134. The van der Waals surface area contributed by atoms with E-state index in [2.05, 4.69) is 10.8 Å². The molecule has 0 aromatic rings. The summed E-state index contributed by atoms with van der Waals surface area (Å²) in [6.45, 7) is 1.77. The summed E-state index contributed by atoms with van der Waals surface area (Å²) in [6, 6.07) is 0. The molecule has 1 aliphatic carbocycles. The van der Waals surface area contributed by atoms with E-state index in [0.717, 1.165) is 19.3 Å². The number of hydrogen-bond donors (Lipinski definition) is 3. The van der Waals surface area contributed by atoms with Crippen LogP contribution in [0.3, 0.4) is 0 Å². The maximum absolute atomic E-state index is 11.1. The van der Waals surface area contributed by atoms with E-state index in [9.17, 15) is 20.1 Å². The summed E-state index contributed by atoms with van der Waals surface area (Å²) in [6.07, 6.45) is 8.98. The van der Waals surface area contributed by atoms with Gasteiger partial charge in [-0.2, -0.15) is 0 Å². The van der Waals surface area contributed by atoms with Gasteiger partial charge in [-0.3, -0.25) is 0 Å². The van der Waals surface area contributed by atoms with Crippen molar-refractivity contribution in [2.75, 3.05) is 7.11 Å². The van der Waals surface area contributed by atoms with Crippen LogP contribution in [0.4, 0.5) is 0 Å². The molecule has 1 aliphatic rings. The number of unbranched alkanes of at least 4 members (excludes halogenated alkanes) is 1. The van der Waals surface area contributed by atoms with E-state index in [1.807, 2.05) is 6.08 Å². The first-order valence-corrected chi connectivity index (χ1v) is 7.91. The Balaban J connectivity index is 2.51. The number of carbonyl (C=O) groups is 1. The Morgan fingerprint density at radius 2 is 2.09 bits per heavy atom. The van der Waals surface area contributed by atoms with Gasteiger partial charge >= 0.3 is 5.97 Å². The van der Waals surface area contributed by atoms with E-state index in [1.54, 1.807) is 6.92 Å². The molecule has 5 nitrogen and oxygen atoms in total. The lowest BCUT2D eigenvalue weighted by Crippen LogP contribution is -2.21. The number of methoxy groups -OCH3 is 1. The predicted molar refractivity (Wildman–Crippen MR) is 84.1 cm³/mol. The zero-order valence-corrected chi connectivity index (χ0v) is 13.4. The molecule has 0 amide bonds. The monoisotopic (exact) mass is 312 g/mol. The summed E-state index contributed by atoms with van der Waals surface area (Å²) in [5.41, 5.74) is 0. The Morgan fingerprint density at radius 1 is 1.36 bits per heavy atom. The maximum atomic E-state index is 11.1. The van der Waals surface area contributed by atoms with Crippen molar-refractivity contribution in [3.05, 3.63) is 24.3 Å². The normalized spacial score (nSPS) is 28.3. The van der Waals surface area contributed by atoms with Crippen molar-refractivity contribution in [3.63, 3.8) is 0 Å². The zero-order valence-electron chi connectivity index (χ0n) is 13.4. The van der Waals surface area contributed by atoms with Gasteiger partial charge in [0.25, 0.3) is 0 Å². The molecule has 0 radical (unpaired) electrons. The van der Waals surface area contributed by atoms with Gasteiger partial charge in [0.2, 0.25) is 0 Å². The van der Waals surface area contributed by atoms with E-state index < -0.39 is 18.2 Å². The Labute approximate surface area is 132 Å². The Kier molecular flexibility index (Phi) is 8.38. The number of hydrogen-bond acceptors (Lipinski definition) is 5. The van der Waals surface area contributed by atoms with E-state index in [1.165, 1.54) is 19.3 Å². The number of aliphatic hydroxyl groups excluding tert-OH is 3. The van der Waals surface area contributed by atoms with Gasteiger partial charge in [-0.15, -0.1) is 0 Å². The van der Waals surface area contributed by atoms with Crippen LogP contribution >= 0.6 is 0 Å². The summed E-state index contributed by atoms with van der Waals surface area (Å²) >= 11 is 0. The van der Waals surface area contributed by atoms with E-state index in [4.69, 9.17) is 0 Å². The fourth-order valence-corrected chi connectivity index (χ4v) is 2.88. The van der Waals surface area contributed by atoms with Crippen molar-refractivity contribution in [2.45, 2.75) is 57.3 Å². The van der Waals surface area contributed by atoms with Crippen LogP contribution in [0.25, 0.3) is 0 Å². The topological polar surface area (TPSA) is 87.0 Å². The lowest BCUT2D eigenvalue weighted by atomic mass is 9.90. The molecular formula is C17H28O5. The van der Waals surface area contributed by atoms with Crippen molar-refractivity contribution in [1.29, 1.82) is 0 Å². The summed E-state index contributed by atoms with van der Waals surface area (Å²) in [4.78, 5) is 11.1. The molecule has 0 heterocycles. The van der Waals surface area contributed by atoms with Crippen LogP contribution in [0.1, 0.15) is 39.0 Å². The Bertz CT molecular complexity index is 389. The molecule has 1 saturated carbocycles. The summed E-state index contributed by atoms with van der Waals surface area (Å²) in [5, 5.41) is 29.2. The van der Waals surface area contributed by atoms with Crippen molar-refractivity contribution in [3.8, 4) is 0 Å². The molecule has 126 valence electrons. The molecule has 0 saturated heterocycles. The highest BCUT2D eigenvalue weighted by Crippen LogP contribution is 2.36. The molecule has 1 rings (SSSR count). The van der Waals surface area contributed by atoms with E-state index >= 15 is 0 Å². The SMILES string of the molecule is COC(=O)/C=C/[C@@H](O)[C@@H]1C[C@@H](O)C[C@H]1/C=C\CCC[C@@H](C)O. The quantitative estimate of drug-likeness (QED) is 0.274. The number of carbonyl (C=O) groups excluding carboxylic acids is 1. The van der Waals surface area contributed by atoms with Gasteiger partial charge in [0.05, 0.1) is 25.4 Å². The highest BCUT2D eigenvalue weighted by molar-refractivity contribution is 5.81. The van der Waals surface area contributed by atoms with Crippen LogP contribution in [-0.4, -0.2) is 46.7 Å². The van der Waals surface area contributed by atoms with Crippen LogP contribution < -0.4 is 0 Å². The predicted octanol–water partition coefficient (Wildman–Crippen LogP) is 1.57. The van der Waals surface area contributed by atoms with Crippen LogP contribution in [0.2, 0.25) is 0 Å².